The van der Waals surface area contributed by atoms with E-state index in [4.69, 9.17) is 4.52 Å². The van der Waals surface area contributed by atoms with Crippen molar-refractivity contribution in [3.05, 3.63) is 11.7 Å². The van der Waals surface area contributed by atoms with Gasteiger partial charge in [0.2, 0.25) is 5.89 Å². The maximum atomic E-state index is 5.45. The third kappa shape index (κ3) is 5.31. The molecule has 0 aliphatic rings. The molecule has 4 heteroatoms. The van der Waals surface area contributed by atoms with Crippen molar-refractivity contribution in [2.45, 2.75) is 72.3 Å². The van der Waals surface area contributed by atoms with E-state index in [0.29, 0.717) is 17.9 Å². The monoisotopic (exact) mass is 267 g/mol. The van der Waals surface area contributed by atoms with Crippen LogP contribution < -0.4 is 5.32 Å². The third-order valence-electron chi connectivity index (χ3n) is 3.51. The molecule has 0 aliphatic carbocycles. The Hall–Kier alpha value is -0.900. The lowest BCUT2D eigenvalue weighted by molar-refractivity contribution is 0.314. The second-order valence-corrected chi connectivity index (χ2v) is 5.74. The Balaban J connectivity index is 2.60. The second kappa shape index (κ2) is 8.31. The Bertz CT molecular complexity index is 349. The zero-order valence-electron chi connectivity index (χ0n) is 13.1. The molecule has 1 heterocycles. The first kappa shape index (κ1) is 16.2. The molecule has 0 aromatic carbocycles. The lowest BCUT2D eigenvalue weighted by Gasteiger charge is -2.20. The highest BCUT2D eigenvalue weighted by molar-refractivity contribution is 4.98. The Morgan fingerprint density at radius 2 is 1.95 bits per heavy atom. The fourth-order valence-electron chi connectivity index (χ4n) is 2.19. The van der Waals surface area contributed by atoms with E-state index in [9.17, 15) is 0 Å². The molecule has 1 rings (SSSR count). The van der Waals surface area contributed by atoms with Gasteiger partial charge in [-0.3, -0.25) is 0 Å². The van der Waals surface area contributed by atoms with E-state index >= 15 is 0 Å². The average molecular weight is 267 g/mol. The highest BCUT2D eigenvalue weighted by atomic mass is 16.5. The highest BCUT2D eigenvalue weighted by Gasteiger charge is 2.23. The summed E-state index contributed by atoms with van der Waals surface area (Å²) in [4.78, 5) is 4.56. The lowest BCUT2D eigenvalue weighted by Crippen LogP contribution is -2.32. The quantitative estimate of drug-likeness (QED) is 0.743. The molecule has 1 N–H and O–H groups in total. The van der Waals surface area contributed by atoms with Gasteiger partial charge < -0.3 is 9.84 Å². The summed E-state index contributed by atoms with van der Waals surface area (Å²) >= 11 is 0. The topological polar surface area (TPSA) is 51.0 Å². The van der Waals surface area contributed by atoms with Crippen LogP contribution in [0.2, 0.25) is 0 Å². The van der Waals surface area contributed by atoms with Gasteiger partial charge in [-0.05, 0) is 38.6 Å². The molecule has 0 spiro atoms. The van der Waals surface area contributed by atoms with Crippen LogP contribution in [-0.4, -0.2) is 22.7 Å². The summed E-state index contributed by atoms with van der Waals surface area (Å²) in [5, 5.41) is 7.62. The summed E-state index contributed by atoms with van der Waals surface area (Å²) in [5.74, 6) is 2.63. The summed E-state index contributed by atoms with van der Waals surface area (Å²) in [7, 11) is 0. The first-order valence-corrected chi connectivity index (χ1v) is 7.64. The Kier molecular flexibility index (Phi) is 7.06. The van der Waals surface area contributed by atoms with Crippen molar-refractivity contribution in [1.29, 1.82) is 0 Å². The van der Waals surface area contributed by atoms with Crippen LogP contribution in [0.4, 0.5) is 0 Å². The summed E-state index contributed by atoms with van der Waals surface area (Å²) in [6.45, 7) is 12.0. The summed E-state index contributed by atoms with van der Waals surface area (Å²) in [6.07, 6.45) is 4.18. The minimum Gasteiger partial charge on any atom is -0.339 e. The van der Waals surface area contributed by atoms with E-state index in [1.54, 1.807) is 0 Å². The van der Waals surface area contributed by atoms with Gasteiger partial charge in [-0.25, -0.2) is 0 Å². The predicted molar refractivity (Wildman–Crippen MR) is 78.2 cm³/mol. The van der Waals surface area contributed by atoms with E-state index in [1.165, 1.54) is 0 Å². The molecule has 0 bridgehead atoms. The fraction of sp³-hybridized carbons (Fsp3) is 0.867. The van der Waals surface area contributed by atoms with Crippen molar-refractivity contribution in [3.8, 4) is 0 Å². The number of aromatic nitrogens is 2. The minimum atomic E-state index is 0.312. The predicted octanol–water partition coefficient (Wildman–Crippen LogP) is 3.54. The number of rotatable bonds is 9. The highest BCUT2D eigenvalue weighted by Crippen LogP contribution is 2.22. The molecule has 110 valence electrons. The van der Waals surface area contributed by atoms with Crippen molar-refractivity contribution >= 4 is 0 Å². The Labute approximate surface area is 117 Å². The molecule has 19 heavy (non-hydrogen) atoms. The number of nitrogens with zero attached hydrogens (tertiary/aromatic N) is 2. The molecule has 0 saturated carbocycles. The van der Waals surface area contributed by atoms with E-state index in [2.05, 4.69) is 50.1 Å². The van der Waals surface area contributed by atoms with Crippen LogP contribution in [0, 0.1) is 5.92 Å². The normalized spacial score (nSPS) is 14.8. The van der Waals surface area contributed by atoms with Crippen molar-refractivity contribution in [3.63, 3.8) is 0 Å². The molecule has 0 saturated heterocycles. The molecular weight excluding hydrogens is 238 g/mol. The molecule has 4 nitrogen and oxygen atoms in total. The molecule has 1 aromatic rings. The lowest BCUT2D eigenvalue weighted by atomic mass is 9.98. The molecule has 0 aliphatic heterocycles. The zero-order valence-corrected chi connectivity index (χ0v) is 13.1. The fourth-order valence-corrected chi connectivity index (χ4v) is 2.19. The summed E-state index contributed by atoms with van der Waals surface area (Å²) < 4.78 is 5.45. The Morgan fingerprint density at radius 1 is 1.21 bits per heavy atom. The van der Waals surface area contributed by atoms with E-state index in [-0.39, 0.29) is 0 Å². The van der Waals surface area contributed by atoms with E-state index in [0.717, 1.165) is 43.9 Å². The van der Waals surface area contributed by atoms with Gasteiger partial charge in [-0.15, -0.1) is 0 Å². The third-order valence-corrected chi connectivity index (χ3v) is 3.51. The van der Waals surface area contributed by atoms with Gasteiger partial charge in [0.05, 0.1) is 5.92 Å². The maximum Gasteiger partial charge on any atom is 0.231 e. The largest absolute Gasteiger partial charge is 0.339 e. The molecule has 0 amide bonds. The van der Waals surface area contributed by atoms with Crippen LogP contribution in [0.3, 0.4) is 0 Å². The molecule has 1 aromatic heterocycles. The van der Waals surface area contributed by atoms with E-state index in [1.807, 2.05) is 0 Å². The van der Waals surface area contributed by atoms with Gasteiger partial charge in [0.25, 0.3) is 0 Å². The van der Waals surface area contributed by atoms with Crippen LogP contribution in [0.5, 0.6) is 0 Å². The average Bonchev–Trinajstić information content (AvgIpc) is 2.83. The minimum absolute atomic E-state index is 0.312. The Morgan fingerprint density at radius 3 is 2.53 bits per heavy atom. The van der Waals surface area contributed by atoms with Crippen LogP contribution in [0.15, 0.2) is 4.52 Å². The van der Waals surface area contributed by atoms with Crippen molar-refractivity contribution < 1.29 is 4.52 Å². The van der Waals surface area contributed by atoms with Crippen LogP contribution >= 0.6 is 0 Å². The molecule has 0 radical (unpaired) electrons. The first-order chi connectivity index (χ1) is 9.08. The second-order valence-electron chi connectivity index (χ2n) is 5.74. The van der Waals surface area contributed by atoms with Crippen LogP contribution in [-0.2, 0) is 6.42 Å². The van der Waals surface area contributed by atoms with Gasteiger partial charge >= 0.3 is 0 Å². The molecule has 2 unspecified atom stereocenters. The number of nitrogens with one attached hydrogen (secondary N) is 1. The van der Waals surface area contributed by atoms with Crippen molar-refractivity contribution in [2.75, 3.05) is 6.54 Å². The zero-order chi connectivity index (χ0) is 14.3. The maximum absolute atomic E-state index is 5.45. The standard InChI is InChI=1S/C15H29N3O/c1-6-10-16-12(5)13(7-2)15-17-14(18-19-15)9-8-11(3)4/h11-13,16H,6-10H2,1-5H3. The number of hydrogen-bond acceptors (Lipinski definition) is 4. The summed E-state index contributed by atoms with van der Waals surface area (Å²) in [5.41, 5.74) is 0. The smallest absolute Gasteiger partial charge is 0.231 e. The number of hydrogen-bond donors (Lipinski definition) is 1. The van der Waals surface area contributed by atoms with Gasteiger partial charge in [-0.2, -0.15) is 4.98 Å². The number of aryl methyl sites for hydroxylation is 1. The van der Waals surface area contributed by atoms with Gasteiger partial charge in [0.15, 0.2) is 5.82 Å². The van der Waals surface area contributed by atoms with Gasteiger partial charge in [-0.1, -0.05) is 32.9 Å². The molecule has 0 fully saturated rings. The van der Waals surface area contributed by atoms with E-state index < -0.39 is 0 Å². The SMILES string of the molecule is CCCNC(C)C(CC)c1nc(CCC(C)C)no1. The van der Waals surface area contributed by atoms with Crippen LogP contribution in [0.1, 0.15) is 71.5 Å². The van der Waals surface area contributed by atoms with Gasteiger partial charge in [0.1, 0.15) is 0 Å². The van der Waals surface area contributed by atoms with Crippen LogP contribution in [0.25, 0.3) is 0 Å². The molecule has 2 atom stereocenters. The summed E-state index contributed by atoms with van der Waals surface area (Å²) in [6, 6.07) is 0.378. The first-order valence-electron chi connectivity index (χ1n) is 7.64. The molecular formula is C15H29N3O. The van der Waals surface area contributed by atoms with Crippen molar-refractivity contribution in [1.82, 2.24) is 15.5 Å². The van der Waals surface area contributed by atoms with Gasteiger partial charge in [0, 0.05) is 12.5 Å². The van der Waals surface area contributed by atoms with Crippen molar-refractivity contribution in [2.24, 2.45) is 5.92 Å².